The zero-order chi connectivity index (χ0) is 15.2. The van der Waals surface area contributed by atoms with Crippen LogP contribution in [0.15, 0.2) is 29.2 Å². The fourth-order valence-corrected chi connectivity index (χ4v) is 4.59. The number of benzene rings is 1. The minimum atomic E-state index is -3.47. The van der Waals surface area contributed by atoms with Gasteiger partial charge >= 0.3 is 0 Å². The van der Waals surface area contributed by atoms with Gasteiger partial charge in [-0.2, -0.15) is 16.1 Å². The molecule has 6 heteroatoms. The predicted molar refractivity (Wildman–Crippen MR) is 88.0 cm³/mol. The summed E-state index contributed by atoms with van der Waals surface area (Å²) in [6, 6.07) is 7.09. The van der Waals surface area contributed by atoms with Crippen LogP contribution >= 0.6 is 11.8 Å². The Morgan fingerprint density at radius 1 is 1.30 bits per heavy atom. The molecule has 0 saturated heterocycles. The smallest absolute Gasteiger partial charge is 0.245 e. The highest BCUT2D eigenvalue weighted by Gasteiger charge is 2.28. The minimum absolute atomic E-state index is 0.0182. The second kappa shape index (κ2) is 7.90. The number of sulfonamides is 1. The summed E-state index contributed by atoms with van der Waals surface area (Å²) >= 11 is 1.67. The molecule has 0 aliphatic carbocycles. The van der Waals surface area contributed by atoms with E-state index >= 15 is 0 Å². The van der Waals surface area contributed by atoms with Gasteiger partial charge in [0, 0.05) is 25.4 Å². The summed E-state index contributed by atoms with van der Waals surface area (Å²) in [6.45, 7) is 4.66. The van der Waals surface area contributed by atoms with Crippen molar-refractivity contribution in [1.82, 2.24) is 4.31 Å². The van der Waals surface area contributed by atoms with Crippen LogP contribution in [0.25, 0.3) is 0 Å². The second-order valence-corrected chi connectivity index (χ2v) is 7.44. The van der Waals surface area contributed by atoms with Gasteiger partial charge in [0.15, 0.2) is 0 Å². The molecular formula is C14H24N2O2S2. The van der Waals surface area contributed by atoms with Gasteiger partial charge in [0.05, 0.1) is 5.69 Å². The maximum Gasteiger partial charge on any atom is 0.245 e. The summed E-state index contributed by atoms with van der Waals surface area (Å²) in [5.41, 5.74) is 0.667. The lowest BCUT2D eigenvalue weighted by Crippen LogP contribution is -2.38. The first-order chi connectivity index (χ1) is 9.48. The van der Waals surface area contributed by atoms with E-state index < -0.39 is 10.0 Å². The van der Waals surface area contributed by atoms with Gasteiger partial charge in [-0.1, -0.05) is 19.1 Å². The van der Waals surface area contributed by atoms with Gasteiger partial charge < -0.3 is 5.32 Å². The van der Waals surface area contributed by atoms with Gasteiger partial charge in [-0.15, -0.1) is 0 Å². The topological polar surface area (TPSA) is 49.4 Å². The molecule has 0 aliphatic rings. The summed E-state index contributed by atoms with van der Waals surface area (Å²) in [7, 11) is -1.80. The largest absolute Gasteiger partial charge is 0.384 e. The molecule has 0 saturated carbocycles. The van der Waals surface area contributed by atoms with Crippen LogP contribution in [0.2, 0.25) is 0 Å². The van der Waals surface area contributed by atoms with Crippen LogP contribution in [0, 0.1) is 0 Å². The molecule has 1 rings (SSSR count). The molecule has 1 N–H and O–H groups in total. The van der Waals surface area contributed by atoms with Gasteiger partial charge in [0.25, 0.3) is 0 Å². The van der Waals surface area contributed by atoms with Gasteiger partial charge in [-0.3, -0.25) is 0 Å². The average molecular weight is 316 g/mol. The Morgan fingerprint density at radius 2 is 1.95 bits per heavy atom. The summed E-state index contributed by atoms with van der Waals surface area (Å²) in [4.78, 5) is 0.351. The first-order valence-corrected chi connectivity index (χ1v) is 9.62. The van der Waals surface area contributed by atoms with Crippen LogP contribution in [0.4, 0.5) is 5.69 Å². The van der Waals surface area contributed by atoms with Gasteiger partial charge in [-0.05, 0) is 31.7 Å². The van der Waals surface area contributed by atoms with Crippen LogP contribution in [0.3, 0.4) is 0 Å². The second-order valence-electron chi connectivity index (χ2n) is 4.57. The predicted octanol–water partition coefficient (Wildman–Crippen LogP) is 2.88. The molecule has 0 aliphatic heterocycles. The summed E-state index contributed by atoms with van der Waals surface area (Å²) in [5, 5.41) is 3.12. The van der Waals surface area contributed by atoms with Crippen LogP contribution < -0.4 is 5.32 Å². The first-order valence-electron chi connectivity index (χ1n) is 6.78. The zero-order valence-corrected chi connectivity index (χ0v) is 14.2. The molecule has 0 aromatic heterocycles. The molecule has 114 valence electrons. The fourth-order valence-electron chi connectivity index (χ4n) is 2.05. The summed E-state index contributed by atoms with van der Waals surface area (Å²) in [5.74, 6) is 0.801. The van der Waals surface area contributed by atoms with Crippen molar-refractivity contribution in [3.05, 3.63) is 24.3 Å². The molecular weight excluding hydrogens is 292 g/mol. The van der Waals surface area contributed by atoms with Crippen molar-refractivity contribution in [3.8, 4) is 0 Å². The molecule has 0 radical (unpaired) electrons. The maximum absolute atomic E-state index is 12.8. The van der Waals surface area contributed by atoms with Gasteiger partial charge in [-0.25, -0.2) is 8.42 Å². The van der Waals surface area contributed by atoms with Crippen molar-refractivity contribution in [1.29, 1.82) is 0 Å². The Kier molecular flexibility index (Phi) is 6.85. The maximum atomic E-state index is 12.8. The molecule has 20 heavy (non-hydrogen) atoms. The molecule has 0 heterocycles. The Labute approximate surface area is 127 Å². The third kappa shape index (κ3) is 3.90. The van der Waals surface area contributed by atoms with E-state index in [1.807, 2.05) is 26.2 Å². The fraction of sp³-hybridized carbons (Fsp3) is 0.571. The van der Waals surface area contributed by atoms with E-state index in [0.717, 1.165) is 12.2 Å². The molecule has 1 unspecified atom stereocenters. The highest BCUT2D eigenvalue weighted by Crippen LogP contribution is 2.26. The number of rotatable bonds is 8. The molecule has 1 atom stereocenters. The molecule has 1 aromatic rings. The number of nitrogens with one attached hydrogen (secondary N) is 1. The molecule has 0 amide bonds. The molecule has 0 fully saturated rings. The van der Waals surface area contributed by atoms with E-state index in [1.165, 1.54) is 4.31 Å². The lowest BCUT2D eigenvalue weighted by atomic mass is 10.3. The average Bonchev–Trinajstić information content (AvgIpc) is 2.44. The van der Waals surface area contributed by atoms with Crippen LogP contribution in [0.1, 0.15) is 20.3 Å². The Hall–Kier alpha value is -0.720. The summed E-state index contributed by atoms with van der Waals surface area (Å²) < 4.78 is 27.1. The number of hydrogen-bond donors (Lipinski definition) is 1. The number of nitrogens with zero attached hydrogens (tertiary/aromatic N) is 1. The van der Waals surface area contributed by atoms with Crippen molar-refractivity contribution in [2.75, 3.05) is 30.9 Å². The molecule has 0 spiro atoms. The van der Waals surface area contributed by atoms with E-state index in [-0.39, 0.29) is 6.04 Å². The Balaban J connectivity index is 3.15. The molecule has 4 nitrogen and oxygen atoms in total. The quantitative estimate of drug-likeness (QED) is 0.801. The van der Waals surface area contributed by atoms with Crippen molar-refractivity contribution < 1.29 is 8.42 Å². The number of para-hydroxylation sites is 1. The molecule has 0 bridgehead atoms. The van der Waals surface area contributed by atoms with E-state index in [4.69, 9.17) is 0 Å². The van der Waals surface area contributed by atoms with Gasteiger partial charge in [0.2, 0.25) is 10.0 Å². The zero-order valence-electron chi connectivity index (χ0n) is 12.6. The lowest BCUT2D eigenvalue weighted by Gasteiger charge is -2.27. The van der Waals surface area contributed by atoms with Crippen molar-refractivity contribution >= 4 is 27.5 Å². The molecule has 1 aromatic carbocycles. The third-order valence-corrected chi connectivity index (χ3v) is 5.94. The monoisotopic (exact) mass is 316 g/mol. The van der Waals surface area contributed by atoms with Crippen molar-refractivity contribution in [2.24, 2.45) is 0 Å². The highest BCUT2D eigenvalue weighted by molar-refractivity contribution is 7.98. The first kappa shape index (κ1) is 17.3. The Morgan fingerprint density at radius 3 is 2.50 bits per heavy atom. The third-order valence-electron chi connectivity index (χ3n) is 3.26. The van der Waals surface area contributed by atoms with E-state index in [0.29, 0.717) is 17.1 Å². The van der Waals surface area contributed by atoms with Gasteiger partial charge in [0.1, 0.15) is 4.90 Å². The van der Waals surface area contributed by atoms with Crippen molar-refractivity contribution in [2.45, 2.75) is 31.2 Å². The van der Waals surface area contributed by atoms with Crippen LogP contribution in [-0.4, -0.2) is 44.4 Å². The number of anilines is 1. The van der Waals surface area contributed by atoms with Crippen molar-refractivity contribution in [3.63, 3.8) is 0 Å². The highest BCUT2D eigenvalue weighted by atomic mass is 32.2. The van der Waals surface area contributed by atoms with E-state index in [1.54, 1.807) is 37.0 Å². The minimum Gasteiger partial charge on any atom is -0.384 e. The SMILES string of the molecule is CCNc1ccccc1S(=O)(=O)N(C)C(CC)CSC. The number of hydrogen-bond acceptors (Lipinski definition) is 4. The number of thioether (sulfide) groups is 1. The Bertz CT molecular complexity index is 518. The standard InChI is InChI=1S/C14H24N2O2S2/c1-5-12(11-19-4)16(3)20(17,18)14-10-8-7-9-13(14)15-6-2/h7-10,12,15H,5-6,11H2,1-4H3. The van der Waals surface area contributed by atoms with Crippen LogP contribution in [-0.2, 0) is 10.0 Å². The normalized spacial score (nSPS) is 13.4. The van der Waals surface area contributed by atoms with Crippen LogP contribution in [0.5, 0.6) is 0 Å². The van der Waals surface area contributed by atoms with E-state index in [2.05, 4.69) is 5.32 Å². The lowest BCUT2D eigenvalue weighted by molar-refractivity contribution is 0.385. The summed E-state index contributed by atoms with van der Waals surface area (Å²) in [6.07, 6.45) is 2.80. The van der Waals surface area contributed by atoms with E-state index in [9.17, 15) is 8.42 Å².